The minimum Gasteiger partial charge on any atom is -0.303 e. The Hall–Kier alpha value is -1.90. The lowest BCUT2D eigenvalue weighted by atomic mass is 9.66. The first-order valence-corrected chi connectivity index (χ1v) is 11.1. The van der Waals surface area contributed by atoms with Gasteiger partial charge < -0.3 is 9.69 Å². The summed E-state index contributed by atoms with van der Waals surface area (Å²) in [5.74, 6) is 0.293. The van der Waals surface area contributed by atoms with Gasteiger partial charge in [-0.05, 0) is 72.7 Å². The van der Waals surface area contributed by atoms with E-state index in [4.69, 9.17) is 11.6 Å². The number of fused-ring (bicyclic) bond motifs is 2. The van der Waals surface area contributed by atoms with Crippen molar-refractivity contribution in [3.8, 4) is 0 Å². The highest BCUT2D eigenvalue weighted by molar-refractivity contribution is 6.30. The highest BCUT2D eigenvalue weighted by Crippen LogP contribution is 2.48. The van der Waals surface area contributed by atoms with Crippen molar-refractivity contribution in [1.82, 2.24) is 4.90 Å². The Kier molecular flexibility index (Phi) is 5.68. The Morgan fingerprint density at radius 1 is 1.03 bits per heavy atom. The number of Topliss-reactive ketones (excluding diaryl/α,β-unsaturated/α-hetero) is 1. The molecule has 29 heavy (non-hydrogen) atoms. The highest BCUT2D eigenvalue weighted by atomic mass is 35.5. The molecule has 1 aliphatic carbocycles. The van der Waals surface area contributed by atoms with Crippen molar-refractivity contribution in [3.05, 3.63) is 75.3 Å². The van der Waals surface area contributed by atoms with E-state index < -0.39 is 0 Å². The number of carbonyl (C=O) groups is 1. The second-order valence-corrected chi connectivity index (χ2v) is 9.42. The Bertz CT molecular complexity index is 962. The van der Waals surface area contributed by atoms with E-state index in [1.54, 1.807) is 12.5 Å². The van der Waals surface area contributed by atoms with Crippen molar-refractivity contribution in [2.45, 2.75) is 51.9 Å². The molecule has 2 aliphatic rings. The van der Waals surface area contributed by atoms with Crippen LogP contribution in [0.4, 0.5) is 0 Å². The number of benzene rings is 2. The number of piperidine rings is 1. The first-order chi connectivity index (χ1) is 13.9. The standard InChI is InChI=1S/C26H30ClNO/c1-18(29)7-6-14-28-15-12-19(13-16-28)25-21-8-4-5-9-23(21)26(2,3)24-17-20(27)10-11-22(24)25/h4-5,8-11,17H,6-7,12-16H2,1-3H3. The molecule has 2 aromatic carbocycles. The van der Waals surface area contributed by atoms with Crippen molar-refractivity contribution in [3.63, 3.8) is 0 Å². The van der Waals surface area contributed by atoms with Crippen LogP contribution in [0.1, 0.15) is 68.7 Å². The summed E-state index contributed by atoms with van der Waals surface area (Å²) < 4.78 is 0. The molecule has 0 bridgehead atoms. The molecule has 1 heterocycles. The summed E-state index contributed by atoms with van der Waals surface area (Å²) in [5, 5.41) is 0.806. The lowest BCUT2D eigenvalue weighted by Gasteiger charge is -2.39. The Morgan fingerprint density at radius 2 is 1.72 bits per heavy atom. The zero-order chi connectivity index (χ0) is 20.6. The molecule has 0 unspecified atom stereocenters. The molecule has 1 aliphatic heterocycles. The number of rotatable bonds is 4. The molecule has 0 atom stereocenters. The van der Waals surface area contributed by atoms with Crippen molar-refractivity contribution in [2.75, 3.05) is 19.6 Å². The monoisotopic (exact) mass is 407 g/mol. The highest BCUT2D eigenvalue weighted by Gasteiger charge is 2.36. The predicted octanol–water partition coefficient (Wildman–Crippen LogP) is 6.25. The number of nitrogens with zero attached hydrogens (tertiary/aromatic N) is 1. The summed E-state index contributed by atoms with van der Waals surface area (Å²) >= 11 is 6.41. The van der Waals surface area contributed by atoms with Crippen LogP contribution in [-0.4, -0.2) is 30.3 Å². The van der Waals surface area contributed by atoms with E-state index in [1.165, 1.54) is 27.8 Å². The smallest absolute Gasteiger partial charge is 0.129 e. The first-order valence-electron chi connectivity index (χ1n) is 10.7. The number of ketones is 1. The second-order valence-electron chi connectivity index (χ2n) is 8.99. The van der Waals surface area contributed by atoms with Crippen molar-refractivity contribution in [2.24, 2.45) is 0 Å². The molecule has 0 aromatic heterocycles. The fourth-order valence-corrected chi connectivity index (χ4v) is 5.19. The summed E-state index contributed by atoms with van der Waals surface area (Å²) in [5.41, 5.74) is 8.37. The molecular formula is C26H30ClNO. The summed E-state index contributed by atoms with van der Waals surface area (Å²) in [6.45, 7) is 9.47. The van der Waals surface area contributed by atoms with E-state index in [0.717, 1.165) is 43.9 Å². The van der Waals surface area contributed by atoms with E-state index in [0.29, 0.717) is 12.2 Å². The van der Waals surface area contributed by atoms with E-state index >= 15 is 0 Å². The summed E-state index contributed by atoms with van der Waals surface area (Å²) in [4.78, 5) is 13.7. The molecule has 0 spiro atoms. The third-order valence-electron chi connectivity index (χ3n) is 6.61. The normalized spacial score (nSPS) is 18.3. The van der Waals surface area contributed by atoms with Crippen LogP contribution < -0.4 is 0 Å². The minimum absolute atomic E-state index is 0.0612. The Balaban J connectivity index is 1.69. The number of hydrogen-bond acceptors (Lipinski definition) is 2. The molecule has 152 valence electrons. The Morgan fingerprint density at radius 3 is 2.45 bits per heavy atom. The molecular weight excluding hydrogens is 378 g/mol. The number of hydrogen-bond donors (Lipinski definition) is 0. The van der Waals surface area contributed by atoms with Crippen LogP contribution in [-0.2, 0) is 10.2 Å². The van der Waals surface area contributed by atoms with Gasteiger partial charge in [-0.15, -0.1) is 0 Å². The first kappa shape index (κ1) is 20.4. The average Bonchev–Trinajstić information content (AvgIpc) is 2.70. The van der Waals surface area contributed by atoms with Crippen molar-refractivity contribution in [1.29, 1.82) is 0 Å². The topological polar surface area (TPSA) is 20.3 Å². The zero-order valence-corrected chi connectivity index (χ0v) is 18.5. The van der Waals surface area contributed by atoms with Crippen LogP contribution >= 0.6 is 11.6 Å². The lowest BCUT2D eigenvalue weighted by molar-refractivity contribution is -0.117. The van der Waals surface area contributed by atoms with Gasteiger partial charge in [-0.2, -0.15) is 0 Å². The summed E-state index contributed by atoms with van der Waals surface area (Å²) in [6.07, 6.45) is 3.85. The van der Waals surface area contributed by atoms with Crippen molar-refractivity contribution < 1.29 is 4.79 Å². The van der Waals surface area contributed by atoms with Crippen LogP contribution in [0.3, 0.4) is 0 Å². The minimum atomic E-state index is -0.0612. The SMILES string of the molecule is CC(=O)CCCN1CCC(=C2c3ccccc3C(C)(C)c3cc(Cl)ccc32)CC1. The van der Waals surface area contributed by atoms with Gasteiger partial charge in [0.1, 0.15) is 5.78 Å². The Labute approximate surface area is 179 Å². The molecule has 1 saturated heterocycles. The maximum atomic E-state index is 11.2. The van der Waals surface area contributed by atoms with E-state index in [-0.39, 0.29) is 5.41 Å². The summed E-state index contributed by atoms with van der Waals surface area (Å²) in [6, 6.07) is 15.3. The second kappa shape index (κ2) is 8.08. The van der Waals surface area contributed by atoms with Gasteiger partial charge in [-0.1, -0.05) is 61.4 Å². The molecule has 0 amide bonds. The van der Waals surface area contributed by atoms with Gasteiger partial charge in [0.25, 0.3) is 0 Å². The molecule has 1 fully saturated rings. The molecule has 3 heteroatoms. The van der Waals surface area contributed by atoms with Crippen LogP contribution in [0.5, 0.6) is 0 Å². The maximum Gasteiger partial charge on any atom is 0.129 e. The van der Waals surface area contributed by atoms with Crippen molar-refractivity contribution >= 4 is 23.0 Å². The van der Waals surface area contributed by atoms with E-state index in [2.05, 4.69) is 55.1 Å². The van der Waals surface area contributed by atoms with Crippen LogP contribution in [0.15, 0.2) is 48.0 Å². The third kappa shape index (κ3) is 3.93. The number of carbonyl (C=O) groups excluding carboxylic acids is 1. The molecule has 4 rings (SSSR count). The number of likely N-dealkylation sites (tertiary alicyclic amines) is 1. The fourth-order valence-electron chi connectivity index (χ4n) is 5.02. The molecule has 0 radical (unpaired) electrons. The molecule has 0 saturated carbocycles. The fraction of sp³-hybridized carbons (Fsp3) is 0.423. The van der Waals surface area contributed by atoms with Crippen LogP contribution in [0, 0.1) is 0 Å². The average molecular weight is 408 g/mol. The third-order valence-corrected chi connectivity index (χ3v) is 6.85. The van der Waals surface area contributed by atoms with Gasteiger partial charge in [0, 0.05) is 29.9 Å². The predicted molar refractivity (Wildman–Crippen MR) is 122 cm³/mol. The van der Waals surface area contributed by atoms with Gasteiger partial charge in [-0.25, -0.2) is 0 Å². The van der Waals surface area contributed by atoms with Crippen LogP contribution in [0.25, 0.3) is 5.57 Å². The van der Waals surface area contributed by atoms with E-state index in [1.807, 2.05) is 6.07 Å². The van der Waals surface area contributed by atoms with Gasteiger partial charge in [0.2, 0.25) is 0 Å². The van der Waals surface area contributed by atoms with E-state index in [9.17, 15) is 4.79 Å². The largest absolute Gasteiger partial charge is 0.303 e. The molecule has 0 N–H and O–H groups in total. The van der Waals surface area contributed by atoms with Gasteiger partial charge in [-0.3, -0.25) is 0 Å². The summed E-state index contributed by atoms with van der Waals surface area (Å²) in [7, 11) is 0. The van der Waals surface area contributed by atoms with Crippen LogP contribution in [0.2, 0.25) is 5.02 Å². The van der Waals surface area contributed by atoms with Gasteiger partial charge in [0.05, 0.1) is 0 Å². The van der Waals surface area contributed by atoms with Gasteiger partial charge >= 0.3 is 0 Å². The zero-order valence-electron chi connectivity index (χ0n) is 17.7. The maximum absolute atomic E-state index is 11.2. The molecule has 2 aromatic rings. The number of halogens is 1. The quantitative estimate of drug-likeness (QED) is 0.597. The molecule has 2 nitrogen and oxygen atoms in total. The lowest BCUT2D eigenvalue weighted by Crippen LogP contribution is -2.33. The van der Waals surface area contributed by atoms with Gasteiger partial charge in [0.15, 0.2) is 0 Å².